The van der Waals surface area contributed by atoms with Crippen molar-refractivity contribution < 1.29 is 18.3 Å². The Kier molecular flexibility index (Phi) is 5.06. The number of sulfonamides is 1. The van der Waals surface area contributed by atoms with E-state index in [2.05, 4.69) is 4.72 Å². The first-order valence-corrected chi connectivity index (χ1v) is 6.86. The Morgan fingerprint density at radius 1 is 1.33 bits per heavy atom. The minimum atomic E-state index is -3.51. The smallest absolute Gasteiger partial charge is 0.327 e. The van der Waals surface area contributed by atoms with Crippen molar-refractivity contribution in [1.29, 1.82) is 0 Å². The van der Waals surface area contributed by atoms with Crippen LogP contribution >= 0.6 is 0 Å². The molecule has 0 aliphatic carbocycles. The fourth-order valence-electron chi connectivity index (χ4n) is 1.26. The average molecular weight is 269 g/mol. The number of hydrogen-bond donors (Lipinski definition) is 2. The summed E-state index contributed by atoms with van der Waals surface area (Å²) in [4.78, 5) is 10.4. The van der Waals surface area contributed by atoms with Crippen molar-refractivity contribution in [2.45, 2.75) is 18.2 Å². The van der Waals surface area contributed by atoms with Crippen LogP contribution in [0.1, 0.15) is 12.0 Å². The highest BCUT2D eigenvalue weighted by Crippen LogP contribution is 2.09. The lowest BCUT2D eigenvalue weighted by atomic mass is 10.2. The second-order valence-electron chi connectivity index (χ2n) is 3.74. The summed E-state index contributed by atoms with van der Waals surface area (Å²) in [5, 5.41) is 8.35. The van der Waals surface area contributed by atoms with E-state index >= 15 is 0 Å². The van der Waals surface area contributed by atoms with E-state index in [0.717, 1.165) is 11.6 Å². The molecule has 1 aromatic rings. The fourth-order valence-corrected chi connectivity index (χ4v) is 2.31. The third kappa shape index (κ3) is 4.68. The van der Waals surface area contributed by atoms with Crippen LogP contribution < -0.4 is 4.72 Å². The van der Waals surface area contributed by atoms with Crippen LogP contribution in [0.2, 0.25) is 0 Å². The van der Waals surface area contributed by atoms with Crippen LogP contribution in [0, 0.1) is 6.92 Å². The van der Waals surface area contributed by atoms with Crippen molar-refractivity contribution in [2.75, 3.05) is 6.54 Å². The third-order valence-corrected chi connectivity index (χ3v) is 3.67. The Balaban J connectivity index is 2.55. The second kappa shape index (κ2) is 6.32. The van der Waals surface area contributed by atoms with Gasteiger partial charge < -0.3 is 5.11 Å². The molecule has 0 saturated carbocycles. The first-order valence-electron chi connectivity index (χ1n) is 5.37. The van der Waals surface area contributed by atoms with Gasteiger partial charge in [0.05, 0.1) is 4.90 Å². The summed E-state index contributed by atoms with van der Waals surface area (Å²) in [7, 11) is -3.51. The molecule has 1 rings (SSSR count). The standard InChI is InChI=1S/C12H15NO4S/c1-10-5-7-11(8-6-10)18(16,17)13-9-3-2-4-12(14)15/h2,4-8,13H,3,9H2,1H3,(H,14,15). The van der Waals surface area contributed by atoms with Crippen molar-refractivity contribution in [3.05, 3.63) is 42.0 Å². The Morgan fingerprint density at radius 2 is 1.94 bits per heavy atom. The third-order valence-electron chi connectivity index (χ3n) is 2.19. The van der Waals surface area contributed by atoms with E-state index in [1.54, 1.807) is 12.1 Å². The van der Waals surface area contributed by atoms with Gasteiger partial charge in [0.2, 0.25) is 10.0 Å². The molecule has 0 spiro atoms. The molecule has 0 radical (unpaired) electrons. The van der Waals surface area contributed by atoms with E-state index in [1.165, 1.54) is 18.2 Å². The number of hydrogen-bond acceptors (Lipinski definition) is 3. The number of benzene rings is 1. The van der Waals surface area contributed by atoms with E-state index < -0.39 is 16.0 Å². The normalized spacial score (nSPS) is 11.8. The van der Waals surface area contributed by atoms with Crippen molar-refractivity contribution in [3.8, 4) is 0 Å². The number of carboxylic acids is 1. The van der Waals surface area contributed by atoms with E-state index in [-0.39, 0.29) is 11.4 Å². The van der Waals surface area contributed by atoms with Gasteiger partial charge in [-0.05, 0) is 25.5 Å². The number of aliphatic carboxylic acids is 1. The molecular weight excluding hydrogens is 254 g/mol. The van der Waals surface area contributed by atoms with Crippen LogP contribution in [0.25, 0.3) is 0 Å². The molecule has 1 aromatic carbocycles. The van der Waals surface area contributed by atoms with Crippen LogP contribution in [0.4, 0.5) is 0 Å². The first-order chi connectivity index (χ1) is 8.42. The van der Waals surface area contributed by atoms with Crippen LogP contribution in [0.3, 0.4) is 0 Å². The van der Waals surface area contributed by atoms with Gasteiger partial charge in [0.25, 0.3) is 0 Å². The molecule has 0 aliphatic heterocycles. The lowest BCUT2D eigenvalue weighted by molar-refractivity contribution is -0.131. The Hall–Kier alpha value is -1.66. The molecule has 0 unspecified atom stereocenters. The van der Waals surface area contributed by atoms with E-state index in [4.69, 9.17) is 5.11 Å². The van der Waals surface area contributed by atoms with Gasteiger partial charge in [-0.2, -0.15) is 0 Å². The molecule has 0 saturated heterocycles. The van der Waals surface area contributed by atoms with Crippen molar-refractivity contribution in [1.82, 2.24) is 4.72 Å². The number of carboxylic acid groups (broad SMARTS) is 1. The summed E-state index contributed by atoms with van der Waals surface area (Å²) in [6, 6.07) is 6.51. The fraction of sp³-hybridized carbons (Fsp3) is 0.250. The Bertz CT molecular complexity index is 532. The highest BCUT2D eigenvalue weighted by molar-refractivity contribution is 7.89. The summed E-state index contributed by atoms with van der Waals surface area (Å²) in [6.07, 6.45) is 2.72. The summed E-state index contributed by atoms with van der Waals surface area (Å²) in [5.41, 5.74) is 0.985. The van der Waals surface area contributed by atoms with Gasteiger partial charge in [0.15, 0.2) is 0 Å². The molecule has 0 aromatic heterocycles. The van der Waals surface area contributed by atoms with Gasteiger partial charge in [0.1, 0.15) is 0 Å². The highest BCUT2D eigenvalue weighted by atomic mass is 32.2. The molecule has 0 atom stereocenters. The molecule has 0 aliphatic rings. The molecule has 2 N–H and O–H groups in total. The van der Waals surface area contributed by atoms with Crippen molar-refractivity contribution in [3.63, 3.8) is 0 Å². The van der Waals surface area contributed by atoms with Crippen LogP contribution in [0.15, 0.2) is 41.3 Å². The van der Waals surface area contributed by atoms with E-state index in [9.17, 15) is 13.2 Å². The Labute approximate surface area is 106 Å². The summed E-state index contributed by atoms with van der Waals surface area (Å²) in [6.45, 7) is 2.04. The summed E-state index contributed by atoms with van der Waals surface area (Å²) < 4.78 is 26.0. The molecule has 18 heavy (non-hydrogen) atoms. The maximum atomic E-state index is 11.8. The number of aryl methyl sites for hydroxylation is 1. The average Bonchev–Trinajstić information content (AvgIpc) is 2.28. The zero-order valence-electron chi connectivity index (χ0n) is 9.96. The lowest BCUT2D eigenvalue weighted by Crippen LogP contribution is -2.24. The molecule has 0 bridgehead atoms. The minimum Gasteiger partial charge on any atom is -0.478 e. The van der Waals surface area contributed by atoms with Gasteiger partial charge in [-0.3, -0.25) is 0 Å². The van der Waals surface area contributed by atoms with Crippen molar-refractivity contribution in [2.24, 2.45) is 0 Å². The predicted molar refractivity (Wildman–Crippen MR) is 67.8 cm³/mol. The van der Waals surface area contributed by atoms with E-state index in [0.29, 0.717) is 6.42 Å². The summed E-state index contributed by atoms with van der Waals surface area (Å²) >= 11 is 0. The SMILES string of the molecule is Cc1ccc(S(=O)(=O)NCCC=CC(=O)O)cc1. The second-order valence-corrected chi connectivity index (χ2v) is 5.51. The van der Waals surface area contributed by atoms with Crippen molar-refractivity contribution >= 4 is 16.0 Å². The van der Waals surface area contributed by atoms with Gasteiger partial charge in [0, 0.05) is 12.6 Å². The zero-order chi connectivity index (χ0) is 13.6. The highest BCUT2D eigenvalue weighted by Gasteiger charge is 2.11. The molecule has 98 valence electrons. The van der Waals surface area contributed by atoms with Gasteiger partial charge >= 0.3 is 5.97 Å². The zero-order valence-corrected chi connectivity index (χ0v) is 10.8. The Morgan fingerprint density at radius 3 is 2.50 bits per heavy atom. The maximum absolute atomic E-state index is 11.8. The van der Waals surface area contributed by atoms with Gasteiger partial charge in [-0.15, -0.1) is 0 Å². The first kappa shape index (κ1) is 14.4. The lowest BCUT2D eigenvalue weighted by Gasteiger charge is -2.05. The molecule has 0 amide bonds. The number of rotatable bonds is 6. The largest absolute Gasteiger partial charge is 0.478 e. The number of carbonyl (C=O) groups is 1. The van der Waals surface area contributed by atoms with Crippen LogP contribution in [0.5, 0.6) is 0 Å². The van der Waals surface area contributed by atoms with Crippen LogP contribution in [-0.4, -0.2) is 26.0 Å². The quantitative estimate of drug-likeness (QED) is 0.602. The molecule has 0 fully saturated rings. The molecule has 6 heteroatoms. The summed E-state index contributed by atoms with van der Waals surface area (Å²) in [5.74, 6) is -1.05. The molecule has 0 heterocycles. The van der Waals surface area contributed by atoms with E-state index in [1.807, 2.05) is 6.92 Å². The van der Waals surface area contributed by atoms with Gasteiger partial charge in [-0.1, -0.05) is 23.8 Å². The van der Waals surface area contributed by atoms with Crippen LogP contribution in [-0.2, 0) is 14.8 Å². The topological polar surface area (TPSA) is 83.5 Å². The number of nitrogens with one attached hydrogen (secondary N) is 1. The van der Waals surface area contributed by atoms with Gasteiger partial charge in [-0.25, -0.2) is 17.9 Å². The minimum absolute atomic E-state index is 0.167. The maximum Gasteiger partial charge on any atom is 0.327 e. The monoisotopic (exact) mass is 269 g/mol. The molecular formula is C12H15NO4S. The molecule has 5 nitrogen and oxygen atoms in total. The predicted octanol–water partition coefficient (Wildman–Crippen LogP) is 1.30.